The van der Waals surface area contributed by atoms with Crippen molar-refractivity contribution in [3.05, 3.63) is 83.0 Å². The van der Waals surface area contributed by atoms with Crippen LogP contribution in [-0.4, -0.2) is 25.0 Å². The van der Waals surface area contributed by atoms with Crippen molar-refractivity contribution in [1.29, 1.82) is 0 Å². The fraction of sp³-hybridized carbons (Fsp3) is 0.217. The van der Waals surface area contributed by atoms with E-state index in [4.69, 9.17) is 16.3 Å². The first-order chi connectivity index (χ1) is 13.9. The van der Waals surface area contributed by atoms with Crippen LogP contribution in [0.25, 0.3) is 6.08 Å². The Labute approximate surface area is 176 Å². The molecular formula is C23H25ClN2O3. The maximum atomic E-state index is 12.6. The molecule has 0 spiro atoms. The Morgan fingerprint density at radius 3 is 2.34 bits per heavy atom. The van der Waals surface area contributed by atoms with Gasteiger partial charge in [0.1, 0.15) is 11.4 Å². The van der Waals surface area contributed by atoms with Gasteiger partial charge >= 0.3 is 0 Å². The van der Waals surface area contributed by atoms with E-state index in [-0.39, 0.29) is 12.2 Å². The lowest BCUT2D eigenvalue weighted by Crippen LogP contribution is -2.34. The quantitative estimate of drug-likeness (QED) is 0.472. The van der Waals surface area contributed by atoms with Crippen LogP contribution in [0.1, 0.15) is 29.8 Å². The SMILES string of the molecule is C=CCNC(=O)/C(=C/c1ccc(Cl)cc1)NC(=O)c1ccc(OCC(C)C)cc1. The first-order valence-corrected chi connectivity index (χ1v) is 9.67. The van der Waals surface area contributed by atoms with Crippen LogP contribution in [0.4, 0.5) is 0 Å². The summed E-state index contributed by atoms with van der Waals surface area (Å²) in [6.45, 7) is 8.59. The predicted molar refractivity (Wildman–Crippen MR) is 117 cm³/mol. The van der Waals surface area contributed by atoms with Crippen LogP contribution in [0.15, 0.2) is 66.9 Å². The van der Waals surface area contributed by atoms with Crippen LogP contribution in [0.2, 0.25) is 5.02 Å². The number of nitrogens with one attached hydrogen (secondary N) is 2. The Hall–Kier alpha value is -3.05. The van der Waals surface area contributed by atoms with E-state index in [9.17, 15) is 9.59 Å². The molecule has 0 aromatic heterocycles. The molecule has 2 amide bonds. The lowest BCUT2D eigenvalue weighted by Gasteiger charge is -2.12. The molecule has 2 aromatic carbocycles. The normalized spacial score (nSPS) is 11.1. The summed E-state index contributed by atoms with van der Waals surface area (Å²) in [6, 6.07) is 13.7. The Morgan fingerprint density at radius 2 is 1.76 bits per heavy atom. The fourth-order valence-corrected chi connectivity index (χ4v) is 2.43. The lowest BCUT2D eigenvalue weighted by molar-refractivity contribution is -0.117. The third-order valence-corrected chi connectivity index (χ3v) is 4.03. The smallest absolute Gasteiger partial charge is 0.268 e. The molecule has 0 fully saturated rings. The van der Waals surface area contributed by atoms with Gasteiger partial charge in [0.25, 0.3) is 11.8 Å². The first-order valence-electron chi connectivity index (χ1n) is 9.29. The average Bonchev–Trinajstić information content (AvgIpc) is 2.71. The molecule has 0 saturated heterocycles. The molecule has 0 heterocycles. The Kier molecular flexibility index (Phi) is 8.49. The Bertz CT molecular complexity index is 872. The summed E-state index contributed by atoms with van der Waals surface area (Å²) >= 11 is 5.91. The molecule has 0 aliphatic rings. The second-order valence-corrected chi connectivity index (χ2v) is 7.23. The highest BCUT2D eigenvalue weighted by atomic mass is 35.5. The summed E-state index contributed by atoms with van der Waals surface area (Å²) in [5.74, 6) is 0.294. The molecule has 0 aliphatic carbocycles. The van der Waals surface area contributed by atoms with Crippen LogP contribution in [0, 0.1) is 5.92 Å². The summed E-state index contributed by atoms with van der Waals surface area (Å²) in [5, 5.41) is 5.93. The highest BCUT2D eigenvalue weighted by molar-refractivity contribution is 6.30. The van der Waals surface area contributed by atoms with Gasteiger partial charge in [0.15, 0.2) is 0 Å². The molecule has 152 valence electrons. The van der Waals surface area contributed by atoms with Crippen molar-refractivity contribution in [2.45, 2.75) is 13.8 Å². The summed E-state index contributed by atoms with van der Waals surface area (Å²) in [4.78, 5) is 25.1. The van der Waals surface area contributed by atoms with Crippen LogP contribution < -0.4 is 15.4 Å². The zero-order chi connectivity index (χ0) is 21.2. The number of halogens is 1. The van der Waals surface area contributed by atoms with Gasteiger partial charge in [0.2, 0.25) is 0 Å². The third kappa shape index (κ3) is 7.47. The number of hydrogen-bond donors (Lipinski definition) is 2. The number of hydrogen-bond acceptors (Lipinski definition) is 3. The summed E-state index contributed by atoms with van der Waals surface area (Å²) < 4.78 is 5.63. The second kappa shape index (κ2) is 11.1. The van der Waals surface area contributed by atoms with Gasteiger partial charge in [-0.1, -0.05) is 43.7 Å². The Balaban J connectivity index is 2.16. The number of rotatable bonds is 9. The minimum atomic E-state index is -0.412. The van der Waals surface area contributed by atoms with Gasteiger partial charge < -0.3 is 15.4 Å². The summed E-state index contributed by atoms with van der Waals surface area (Å²) in [7, 11) is 0. The van der Waals surface area contributed by atoms with Crippen LogP contribution in [0.5, 0.6) is 5.75 Å². The predicted octanol–water partition coefficient (Wildman–Crippen LogP) is 4.45. The van der Waals surface area contributed by atoms with E-state index in [1.54, 1.807) is 60.7 Å². The molecule has 5 nitrogen and oxygen atoms in total. The van der Waals surface area contributed by atoms with Gasteiger partial charge in [-0.05, 0) is 54.0 Å². The highest BCUT2D eigenvalue weighted by Crippen LogP contribution is 2.15. The molecule has 0 unspecified atom stereocenters. The molecule has 2 rings (SSSR count). The molecule has 0 atom stereocenters. The minimum absolute atomic E-state index is 0.124. The monoisotopic (exact) mass is 412 g/mol. The van der Waals surface area contributed by atoms with Gasteiger partial charge in [-0.2, -0.15) is 0 Å². The van der Waals surface area contributed by atoms with Crippen LogP contribution >= 0.6 is 11.6 Å². The van der Waals surface area contributed by atoms with Crippen molar-refractivity contribution in [2.24, 2.45) is 5.92 Å². The maximum absolute atomic E-state index is 12.6. The van der Waals surface area contributed by atoms with Crippen molar-refractivity contribution >= 4 is 29.5 Å². The highest BCUT2D eigenvalue weighted by Gasteiger charge is 2.14. The fourth-order valence-electron chi connectivity index (χ4n) is 2.30. The summed E-state index contributed by atoms with van der Waals surface area (Å²) in [6.07, 6.45) is 3.16. The number of carbonyl (C=O) groups excluding carboxylic acids is 2. The molecule has 0 aliphatic heterocycles. The first kappa shape index (κ1) is 22.2. The molecule has 29 heavy (non-hydrogen) atoms. The molecule has 2 aromatic rings. The van der Waals surface area contributed by atoms with E-state index in [0.29, 0.717) is 28.9 Å². The standard InChI is InChI=1S/C23H25ClN2O3/c1-4-13-25-23(28)21(14-17-5-9-19(24)10-6-17)26-22(27)18-7-11-20(12-8-18)29-15-16(2)3/h4-12,14,16H,1,13,15H2,2-3H3,(H,25,28)(H,26,27)/b21-14-. The number of ether oxygens (including phenoxy) is 1. The number of benzene rings is 2. The van der Waals surface area contributed by atoms with E-state index in [1.165, 1.54) is 0 Å². The average molecular weight is 413 g/mol. The molecule has 6 heteroatoms. The van der Waals surface area contributed by atoms with Gasteiger partial charge in [-0.25, -0.2) is 0 Å². The van der Waals surface area contributed by atoms with E-state index >= 15 is 0 Å². The minimum Gasteiger partial charge on any atom is -0.493 e. The van der Waals surface area contributed by atoms with Crippen LogP contribution in [-0.2, 0) is 4.79 Å². The van der Waals surface area contributed by atoms with Gasteiger partial charge in [-0.15, -0.1) is 6.58 Å². The zero-order valence-corrected chi connectivity index (χ0v) is 17.3. The number of carbonyl (C=O) groups is 2. The van der Waals surface area contributed by atoms with Crippen LogP contribution in [0.3, 0.4) is 0 Å². The second-order valence-electron chi connectivity index (χ2n) is 6.79. The number of amides is 2. The van der Waals surface area contributed by atoms with E-state index in [0.717, 1.165) is 5.56 Å². The van der Waals surface area contributed by atoms with Crippen molar-refractivity contribution in [3.63, 3.8) is 0 Å². The summed E-state index contributed by atoms with van der Waals surface area (Å²) in [5.41, 5.74) is 1.27. The molecule has 2 N–H and O–H groups in total. The molecule has 0 radical (unpaired) electrons. The van der Waals surface area contributed by atoms with Crippen molar-refractivity contribution in [1.82, 2.24) is 10.6 Å². The maximum Gasteiger partial charge on any atom is 0.268 e. The van der Waals surface area contributed by atoms with E-state index < -0.39 is 11.8 Å². The zero-order valence-electron chi connectivity index (χ0n) is 16.6. The van der Waals surface area contributed by atoms with Crippen molar-refractivity contribution in [2.75, 3.05) is 13.2 Å². The third-order valence-electron chi connectivity index (χ3n) is 3.78. The van der Waals surface area contributed by atoms with E-state index in [2.05, 4.69) is 31.1 Å². The van der Waals surface area contributed by atoms with Gasteiger partial charge in [0, 0.05) is 17.1 Å². The van der Waals surface area contributed by atoms with Crippen molar-refractivity contribution < 1.29 is 14.3 Å². The molecule has 0 saturated carbocycles. The molecule has 0 bridgehead atoms. The largest absolute Gasteiger partial charge is 0.493 e. The lowest BCUT2D eigenvalue weighted by atomic mass is 10.1. The van der Waals surface area contributed by atoms with Crippen molar-refractivity contribution in [3.8, 4) is 5.75 Å². The molecular weight excluding hydrogens is 388 g/mol. The van der Waals surface area contributed by atoms with E-state index in [1.807, 2.05) is 0 Å². The van der Waals surface area contributed by atoms with Gasteiger partial charge in [0.05, 0.1) is 6.61 Å². The van der Waals surface area contributed by atoms with Gasteiger partial charge in [-0.3, -0.25) is 9.59 Å². The Morgan fingerprint density at radius 1 is 1.10 bits per heavy atom. The topological polar surface area (TPSA) is 67.4 Å².